The molecule has 4 rings (SSSR count). The summed E-state index contributed by atoms with van der Waals surface area (Å²) in [4.78, 5) is 17.5. The summed E-state index contributed by atoms with van der Waals surface area (Å²) in [6, 6.07) is 21.2. The molecule has 1 N–H and O–H groups in total. The maximum atomic E-state index is 12.7. The second-order valence-electron chi connectivity index (χ2n) is 7.60. The minimum atomic E-state index is -0.201. The van der Waals surface area contributed by atoms with E-state index >= 15 is 0 Å². The van der Waals surface area contributed by atoms with E-state index in [2.05, 4.69) is 29.8 Å². The number of aryl methyl sites for hydroxylation is 1. The fraction of sp³-hybridized carbons (Fsp3) is 0.231. The number of nitrogens with zero attached hydrogens (tertiary/aromatic N) is 2. The van der Waals surface area contributed by atoms with Gasteiger partial charge < -0.3 is 19.4 Å². The molecule has 0 spiro atoms. The molecule has 1 heterocycles. The highest BCUT2D eigenvalue weighted by Gasteiger charge is 2.15. The van der Waals surface area contributed by atoms with Gasteiger partial charge in [0.05, 0.1) is 36.8 Å². The molecule has 164 valence electrons. The first-order chi connectivity index (χ1) is 15.6. The van der Waals surface area contributed by atoms with E-state index in [1.54, 1.807) is 19.2 Å². The van der Waals surface area contributed by atoms with Gasteiger partial charge in [-0.05, 0) is 55.3 Å². The molecule has 0 bridgehead atoms. The highest BCUT2D eigenvalue weighted by molar-refractivity contribution is 5.96. The number of carbonyl (C=O) groups excluding carboxylic acids is 1. The first-order valence-corrected chi connectivity index (χ1v) is 10.6. The number of hydrogen-bond donors (Lipinski definition) is 1. The van der Waals surface area contributed by atoms with E-state index < -0.39 is 0 Å². The zero-order chi connectivity index (χ0) is 22.5. The molecule has 0 unspecified atom stereocenters. The molecule has 0 atom stereocenters. The zero-order valence-corrected chi connectivity index (χ0v) is 18.6. The molecule has 0 aliphatic rings. The van der Waals surface area contributed by atoms with Gasteiger partial charge in [-0.1, -0.05) is 36.4 Å². The summed E-state index contributed by atoms with van der Waals surface area (Å²) in [7, 11) is 1.56. The van der Waals surface area contributed by atoms with Crippen LogP contribution in [0.1, 0.15) is 27.3 Å². The van der Waals surface area contributed by atoms with Gasteiger partial charge in [0.25, 0.3) is 5.91 Å². The maximum Gasteiger partial charge on any atom is 0.255 e. The Morgan fingerprint density at radius 3 is 2.56 bits per heavy atom. The van der Waals surface area contributed by atoms with Crippen molar-refractivity contribution in [3.63, 3.8) is 0 Å². The van der Waals surface area contributed by atoms with Gasteiger partial charge >= 0.3 is 0 Å². The van der Waals surface area contributed by atoms with Crippen LogP contribution in [0, 0.1) is 13.8 Å². The first kappa shape index (κ1) is 21.4. The number of para-hydroxylation sites is 3. The summed E-state index contributed by atoms with van der Waals surface area (Å²) in [5.41, 5.74) is 4.75. The molecule has 0 saturated heterocycles. The number of rotatable bonds is 8. The zero-order valence-electron chi connectivity index (χ0n) is 18.6. The number of amides is 1. The molecule has 0 aliphatic carbocycles. The Morgan fingerprint density at radius 1 is 0.969 bits per heavy atom. The number of fused-ring (bicyclic) bond motifs is 1. The van der Waals surface area contributed by atoms with Crippen LogP contribution in [0.3, 0.4) is 0 Å². The lowest BCUT2D eigenvalue weighted by molar-refractivity contribution is 0.0946. The van der Waals surface area contributed by atoms with Crippen molar-refractivity contribution >= 4 is 16.9 Å². The molecule has 1 aromatic heterocycles. The molecule has 32 heavy (non-hydrogen) atoms. The smallest absolute Gasteiger partial charge is 0.255 e. The van der Waals surface area contributed by atoms with Crippen LogP contribution < -0.4 is 14.8 Å². The van der Waals surface area contributed by atoms with Crippen molar-refractivity contribution in [1.82, 2.24) is 14.9 Å². The summed E-state index contributed by atoms with van der Waals surface area (Å²) >= 11 is 0. The highest BCUT2D eigenvalue weighted by atomic mass is 16.5. The fourth-order valence-electron chi connectivity index (χ4n) is 3.72. The molecular weight excluding hydrogens is 402 g/mol. The third-order valence-electron chi connectivity index (χ3n) is 5.62. The van der Waals surface area contributed by atoms with Crippen LogP contribution in [0.4, 0.5) is 0 Å². The van der Waals surface area contributed by atoms with Crippen molar-refractivity contribution in [2.24, 2.45) is 0 Å². The van der Waals surface area contributed by atoms with E-state index in [9.17, 15) is 4.79 Å². The van der Waals surface area contributed by atoms with E-state index in [0.29, 0.717) is 31.0 Å². The van der Waals surface area contributed by atoms with Crippen molar-refractivity contribution in [3.05, 3.63) is 89.2 Å². The number of benzene rings is 3. The van der Waals surface area contributed by atoms with Crippen LogP contribution in [0.5, 0.6) is 11.5 Å². The molecule has 0 fully saturated rings. The summed E-state index contributed by atoms with van der Waals surface area (Å²) < 4.78 is 13.5. The molecular formula is C26H27N3O3. The molecule has 4 aromatic rings. The lowest BCUT2D eigenvalue weighted by Crippen LogP contribution is -2.25. The monoisotopic (exact) mass is 429 g/mol. The third-order valence-corrected chi connectivity index (χ3v) is 5.62. The van der Waals surface area contributed by atoms with E-state index in [0.717, 1.165) is 28.2 Å². The van der Waals surface area contributed by atoms with Crippen molar-refractivity contribution in [2.45, 2.75) is 26.9 Å². The molecule has 0 aliphatic heterocycles. The summed E-state index contributed by atoms with van der Waals surface area (Å²) in [6.07, 6.45) is 0. The van der Waals surface area contributed by atoms with Crippen LogP contribution in [-0.4, -0.2) is 29.2 Å². The van der Waals surface area contributed by atoms with Crippen LogP contribution in [0.25, 0.3) is 11.0 Å². The van der Waals surface area contributed by atoms with Crippen molar-refractivity contribution < 1.29 is 14.3 Å². The summed E-state index contributed by atoms with van der Waals surface area (Å²) in [6.45, 7) is 5.56. The van der Waals surface area contributed by atoms with E-state index in [-0.39, 0.29) is 5.91 Å². The number of methoxy groups -OCH3 is 1. The van der Waals surface area contributed by atoms with Crippen LogP contribution in [-0.2, 0) is 13.1 Å². The summed E-state index contributed by atoms with van der Waals surface area (Å²) in [5, 5.41) is 2.97. The second kappa shape index (κ2) is 9.56. The molecule has 1 amide bonds. The predicted molar refractivity (Wildman–Crippen MR) is 125 cm³/mol. The van der Waals surface area contributed by atoms with Crippen LogP contribution in [0.15, 0.2) is 66.7 Å². The Hall–Kier alpha value is -3.80. The average Bonchev–Trinajstić information content (AvgIpc) is 3.17. The number of carbonyl (C=O) groups is 1. The average molecular weight is 430 g/mol. The van der Waals surface area contributed by atoms with Gasteiger partial charge in [0.2, 0.25) is 0 Å². The Balaban J connectivity index is 1.51. The highest BCUT2D eigenvalue weighted by Crippen LogP contribution is 2.22. The standard InChI is InChI=1S/C26H27N3O3/c1-18-9-8-14-23(19(18)2)32-16-15-29-22-12-6-5-11-21(22)28-25(29)17-27-26(30)20-10-4-7-13-24(20)31-3/h4-14H,15-17H2,1-3H3,(H,27,30). The minimum Gasteiger partial charge on any atom is -0.496 e. The molecule has 3 aromatic carbocycles. The van der Waals surface area contributed by atoms with Gasteiger partial charge in [-0.3, -0.25) is 4.79 Å². The van der Waals surface area contributed by atoms with Gasteiger partial charge in [-0.15, -0.1) is 0 Å². The maximum absolute atomic E-state index is 12.7. The number of ether oxygens (including phenoxy) is 2. The van der Waals surface area contributed by atoms with Crippen molar-refractivity contribution in [2.75, 3.05) is 13.7 Å². The van der Waals surface area contributed by atoms with E-state index in [1.807, 2.05) is 48.5 Å². The van der Waals surface area contributed by atoms with Crippen LogP contribution in [0.2, 0.25) is 0 Å². The third kappa shape index (κ3) is 4.44. The van der Waals surface area contributed by atoms with Crippen LogP contribution >= 0.6 is 0 Å². The SMILES string of the molecule is COc1ccccc1C(=O)NCc1nc2ccccc2n1CCOc1cccc(C)c1C. The number of aromatic nitrogens is 2. The Morgan fingerprint density at radius 2 is 1.72 bits per heavy atom. The van der Waals surface area contributed by atoms with E-state index in [4.69, 9.17) is 14.5 Å². The van der Waals surface area contributed by atoms with E-state index in [1.165, 1.54) is 5.56 Å². The normalized spacial score (nSPS) is 10.8. The number of imidazole rings is 1. The van der Waals surface area contributed by atoms with Crippen molar-refractivity contribution in [3.8, 4) is 11.5 Å². The lowest BCUT2D eigenvalue weighted by Gasteiger charge is -2.14. The Labute approximate surface area is 187 Å². The largest absolute Gasteiger partial charge is 0.496 e. The minimum absolute atomic E-state index is 0.201. The quantitative estimate of drug-likeness (QED) is 0.442. The first-order valence-electron chi connectivity index (χ1n) is 10.6. The van der Waals surface area contributed by atoms with Gasteiger partial charge in [0, 0.05) is 0 Å². The van der Waals surface area contributed by atoms with Crippen molar-refractivity contribution in [1.29, 1.82) is 0 Å². The number of nitrogens with one attached hydrogen (secondary N) is 1. The molecule has 0 saturated carbocycles. The number of hydrogen-bond acceptors (Lipinski definition) is 4. The Kier molecular flexibility index (Phi) is 6.40. The molecule has 0 radical (unpaired) electrons. The van der Waals surface area contributed by atoms with Gasteiger partial charge in [-0.25, -0.2) is 4.98 Å². The predicted octanol–water partition coefficient (Wildman–Crippen LogP) is 4.67. The van der Waals surface area contributed by atoms with Gasteiger partial charge in [0.15, 0.2) is 0 Å². The van der Waals surface area contributed by atoms with Gasteiger partial charge in [0.1, 0.15) is 23.9 Å². The van der Waals surface area contributed by atoms with Gasteiger partial charge in [-0.2, -0.15) is 0 Å². The summed E-state index contributed by atoms with van der Waals surface area (Å²) in [5.74, 6) is 2.01. The lowest BCUT2D eigenvalue weighted by atomic mass is 10.1. The fourth-order valence-corrected chi connectivity index (χ4v) is 3.72. The second-order valence-corrected chi connectivity index (χ2v) is 7.60. The molecule has 6 heteroatoms. The Bertz CT molecular complexity index is 1250. The molecule has 6 nitrogen and oxygen atoms in total. The topological polar surface area (TPSA) is 65.4 Å².